The highest BCUT2D eigenvalue weighted by Crippen LogP contribution is 2.09. The summed E-state index contributed by atoms with van der Waals surface area (Å²) in [6, 6.07) is 7.40. The van der Waals surface area contributed by atoms with E-state index < -0.39 is 21.6 Å². The molecule has 2 aliphatic heterocycles. The lowest BCUT2D eigenvalue weighted by molar-refractivity contribution is -0.301. The number of sulfone groups is 1. The van der Waals surface area contributed by atoms with E-state index in [1.807, 2.05) is 0 Å². The zero-order chi connectivity index (χ0) is 18.8. The maximum absolute atomic E-state index is 11.2. The van der Waals surface area contributed by atoms with Gasteiger partial charge in [-0.25, -0.2) is 8.42 Å². The van der Waals surface area contributed by atoms with Crippen molar-refractivity contribution in [2.75, 3.05) is 25.4 Å². The lowest BCUT2D eigenvalue weighted by Crippen LogP contribution is -2.32. The number of aliphatic carboxylic acids is 1. The molecule has 0 bridgehead atoms. The summed E-state index contributed by atoms with van der Waals surface area (Å²) in [4.78, 5) is 14.5. The first-order valence-electron chi connectivity index (χ1n) is 8.65. The molecule has 0 fully saturated rings. The van der Waals surface area contributed by atoms with Gasteiger partial charge in [0.2, 0.25) is 0 Å². The van der Waals surface area contributed by atoms with Gasteiger partial charge in [0.25, 0.3) is 0 Å². The van der Waals surface area contributed by atoms with Crippen LogP contribution in [0.4, 0.5) is 0 Å². The first kappa shape index (κ1) is 20.0. The number of nitrogens with zero attached hydrogens (tertiary/aromatic N) is 1. The van der Waals surface area contributed by atoms with Gasteiger partial charge in [-0.2, -0.15) is 0 Å². The summed E-state index contributed by atoms with van der Waals surface area (Å²) in [6.07, 6.45) is 6.93. The smallest absolute Gasteiger partial charge is 0.183 e. The van der Waals surface area contributed by atoms with Crippen LogP contribution in [0.5, 0.6) is 0 Å². The Morgan fingerprint density at radius 2 is 1.85 bits per heavy atom. The second-order valence-corrected chi connectivity index (χ2v) is 8.02. The molecule has 0 aliphatic carbocycles. The molecular weight excluding hydrogens is 354 g/mol. The Bertz CT molecular complexity index is 734. The summed E-state index contributed by atoms with van der Waals surface area (Å²) in [5.41, 5.74) is 1.35. The molecule has 0 unspecified atom stereocenters. The topological polar surface area (TPSA) is 111 Å². The molecule has 0 saturated heterocycles. The number of hydrogen-bond acceptors (Lipinski definition) is 7. The van der Waals surface area contributed by atoms with Crippen LogP contribution in [0.3, 0.4) is 0 Å². The number of carbonyl (C=O) groups excluding carboxylic acids is 1. The van der Waals surface area contributed by atoms with Gasteiger partial charge in [-0.1, -0.05) is 24.3 Å². The predicted octanol–water partition coefficient (Wildman–Crippen LogP) is 0.246. The van der Waals surface area contributed by atoms with E-state index in [-0.39, 0.29) is 4.90 Å². The lowest BCUT2D eigenvalue weighted by atomic mass is 10.1. The van der Waals surface area contributed by atoms with Crippen molar-refractivity contribution >= 4 is 21.6 Å². The fourth-order valence-electron chi connectivity index (χ4n) is 2.58. The molecule has 0 spiro atoms. The molecule has 8 heteroatoms. The summed E-state index contributed by atoms with van der Waals surface area (Å²) < 4.78 is 22.4. The maximum Gasteiger partial charge on any atom is 0.183 e. The Labute approximate surface area is 154 Å². The van der Waals surface area contributed by atoms with Gasteiger partial charge in [0.1, 0.15) is 5.84 Å². The number of benzene rings is 1. The summed E-state index contributed by atoms with van der Waals surface area (Å²) >= 11 is 0. The maximum atomic E-state index is 11.2. The van der Waals surface area contributed by atoms with E-state index >= 15 is 0 Å². The van der Waals surface area contributed by atoms with Gasteiger partial charge in [-0.3, -0.25) is 4.99 Å². The molecule has 26 heavy (non-hydrogen) atoms. The minimum Gasteiger partial charge on any atom is -0.549 e. The van der Waals surface area contributed by atoms with Crippen molar-refractivity contribution in [1.82, 2.24) is 10.6 Å². The molecule has 2 aliphatic rings. The number of hydrogen-bond donors (Lipinski definition) is 2. The molecule has 0 saturated carbocycles. The minimum atomic E-state index is -3.72. The highest BCUT2D eigenvalue weighted by Gasteiger charge is 2.13. The van der Waals surface area contributed by atoms with Gasteiger partial charge >= 0.3 is 0 Å². The molecule has 7 nitrogen and oxygen atoms in total. The number of carboxylic acids is 1. The van der Waals surface area contributed by atoms with Gasteiger partial charge in [0, 0.05) is 31.8 Å². The lowest BCUT2D eigenvalue weighted by Gasteiger charge is -2.19. The van der Waals surface area contributed by atoms with E-state index in [1.54, 1.807) is 6.07 Å². The Hall–Kier alpha value is -2.35. The first-order chi connectivity index (χ1) is 12.5. The van der Waals surface area contributed by atoms with E-state index in [4.69, 9.17) is 0 Å². The van der Waals surface area contributed by atoms with Gasteiger partial charge in [0.15, 0.2) is 9.84 Å². The molecule has 0 amide bonds. The van der Waals surface area contributed by atoms with Crippen molar-refractivity contribution in [2.45, 2.75) is 30.6 Å². The van der Waals surface area contributed by atoms with Crippen molar-refractivity contribution < 1.29 is 18.3 Å². The summed E-state index contributed by atoms with van der Waals surface area (Å²) in [5.74, 6) is -1.41. The van der Waals surface area contributed by atoms with Crippen molar-refractivity contribution in [3.05, 3.63) is 42.1 Å². The fourth-order valence-corrected chi connectivity index (χ4v) is 3.63. The van der Waals surface area contributed by atoms with Crippen LogP contribution < -0.4 is 15.7 Å². The average Bonchev–Trinajstić information content (AvgIpc) is 2.64. The standard InChI is InChI=1S/C10H17N3.C8H8O4S/c1-2-5-11-9(4-1)8-10-12-6-3-7-13-10;9-8(10)6-13(11,12)7-4-2-1-3-5-7/h4,11H,1-3,5-8H2,(H,12,13);1-5H,6H2,(H,9,10)/p-1. The molecule has 1 aromatic carbocycles. The quantitative estimate of drug-likeness (QED) is 0.760. The van der Waals surface area contributed by atoms with Gasteiger partial charge in [0.05, 0.1) is 16.6 Å². The first-order valence-corrected chi connectivity index (χ1v) is 10.3. The van der Waals surface area contributed by atoms with E-state index in [0.29, 0.717) is 0 Å². The Kier molecular flexibility index (Phi) is 7.65. The van der Waals surface area contributed by atoms with Crippen LogP contribution in [-0.2, 0) is 14.6 Å². The highest BCUT2D eigenvalue weighted by atomic mass is 32.2. The van der Waals surface area contributed by atoms with E-state index in [0.717, 1.165) is 31.9 Å². The molecule has 0 radical (unpaired) electrons. The van der Waals surface area contributed by atoms with Gasteiger partial charge in [-0.05, 0) is 31.4 Å². The van der Waals surface area contributed by atoms with Gasteiger partial charge in [-0.15, -0.1) is 0 Å². The largest absolute Gasteiger partial charge is 0.549 e. The predicted molar refractivity (Wildman–Crippen MR) is 98.4 cm³/mol. The highest BCUT2D eigenvalue weighted by molar-refractivity contribution is 7.92. The van der Waals surface area contributed by atoms with E-state index in [9.17, 15) is 18.3 Å². The summed E-state index contributed by atoms with van der Waals surface area (Å²) in [7, 11) is -3.72. The molecule has 3 rings (SSSR count). The second-order valence-electron chi connectivity index (χ2n) is 6.03. The van der Waals surface area contributed by atoms with Crippen LogP contribution in [-0.4, -0.2) is 45.6 Å². The van der Waals surface area contributed by atoms with Crippen LogP contribution in [0.15, 0.2) is 52.0 Å². The third-order valence-corrected chi connectivity index (χ3v) is 5.46. The molecule has 142 valence electrons. The number of amidine groups is 1. The van der Waals surface area contributed by atoms with Crippen LogP contribution in [0.25, 0.3) is 0 Å². The third-order valence-electron chi connectivity index (χ3n) is 3.86. The number of allylic oxidation sites excluding steroid dienone is 1. The SMILES string of the molecule is C1=C(CC2=NCCCN2)NCCC1.O=C([O-])CS(=O)(=O)c1ccccc1. The summed E-state index contributed by atoms with van der Waals surface area (Å²) in [5, 5.41) is 16.8. The van der Waals surface area contributed by atoms with Crippen molar-refractivity contribution in [3.63, 3.8) is 0 Å². The number of carboxylic acid groups (broad SMARTS) is 1. The van der Waals surface area contributed by atoms with Gasteiger partial charge < -0.3 is 20.5 Å². The van der Waals surface area contributed by atoms with E-state index in [1.165, 1.54) is 49.2 Å². The van der Waals surface area contributed by atoms with Crippen LogP contribution in [0, 0.1) is 0 Å². The van der Waals surface area contributed by atoms with Crippen molar-refractivity contribution in [1.29, 1.82) is 0 Å². The zero-order valence-corrected chi connectivity index (χ0v) is 15.4. The molecule has 0 atom stereocenters. The van der Waals surface area contributed by atoms with Crippen LogP contribution >= 0.6 is 0 Å². The number of aliphatic imine (C=N–C) groups is 1. The number of nitrogens with one attached hydrogen (secondary N) is 2. The number of carbonyl (C=O) groups is 1. The molecular formula is C18H24N3O4S-. The molecule has 2 heterocycles. The third kappa shape index (κ3) is 6.87. The van der Waals surface area contributed by atoms with Crippen LogP contribution in [0.1, 0.15) is 25.7 Å². The van der Waals surface area contributed by atoms with E-state index in [2.05, 4.69) is 21.7 Å². The van der Waals surface area contributed by atoms with Crippen molar-refractivity contribution in [2.24, 2.45) is 4.99 Å². The molecule has 2 N–H and O–H groups in total. The second kappa shape index (κ2) is 9.96. The monoisotopic (exact) mass is 378 g/mol. The average molecular weight is 378 g/mol. The molecule has 0 aromatic heterocycles. The zero-order valence-electron chi connectivity index (χ0n) is 14.6. The Morgan fingerprint density at radius 1 is 1.12 bits per heavy atom. The number of rotatable bonds is 5. The summed E-state index contributed by atoms with van der Waals surface area (Å²) in [6.45, 7) is 3.21. The fraction of sp³-hybridized carbons (Fsp3) is 0.444. The Balaban J connectivity index is 0.000000187. The normalized spacial score (nSPS) is 16.8. The minimum absolute atomic E-state index is 0.000741. The molecule has 1 aromatic rings. The Morgan fingerprint density at radius 3 is 2.42 bits per heavy atom. The van der Waals surface area contributed by atoms with Crippen LogP contribution in [0.2, 0.25) is 0 Å². The van der Waals surface area contributed by atoms with Crippen molar-refractivity contribution in [3.8, 4) is 0 Å².